The average Bonchev–Trinajstić information content (AvgIpc) is 2.96. The number of piperidine rings is 1. The van der Waals surface area contributed by atoms with Gasteiger partial charge in [0.05, 0.1) is 0 Å². The van der Waals surface area contributed by atoms with Crippen molar-refractivity contribution in [2.75, 3.05) is 19.7 Å². The molecule has 0 amide bonds. The summed E-state index contributed by atoms with van der Waals surface area (Å²) in [5.41, 5.74) is 1.98. The van der Waals surface area contributed by atoms with E-state index in [1.54, 1.807) is 0 Å². The van der Waals surface area contributed by atoms with Gasteiger partial charge in [0.2, 0.25) is 0 Å². The van der Waals surface area contributed by atoms with Crippen molar-refractivity contribution < 1.29 is 4.74 Å². The quantitative estimate of drug-likeness (QED) is 0.922. The molecule has 0 spiro atoms. The van der Waals surface area contributed by atoms with E-state index in [-0.39, 0.29) is 6.23 Å². The molecule has 1 unspecified atom stereocenters. The molecule has 4 heterocycles. The van der Waals surface area contributed by atoms with Crippen molar-refractivity contribution >= 4 is 11.2 Å². The van der Waals surface area contributed by atoms with Crippen molar-refractivity contribution in [1.82, 2.24) is 19.9 Å². The monoisotopic (exact) mass is 286 g/mol. The maximum atomic E-state index is 6.03. The number of hydrogen-bond donors (Lipinski definition) is 1. The fraction of sp³-hybridized carbons (Fsp3) is 0.625. The lowest BCUT2D eigenvalue weighted by atomic mass is 9.97. The van der Waals surface area contributed by atoms with Crippen molar-refractivity contribution in [3.63, 3.8) is 0 Å². The number of fused-ring (bicyclic) bond motifs is 1. The molecule has 5 nitrogen and oxygen atoms in total. The highest BCUT2D eigenvalue weighted by atomic mass is 16.5. The second-order valence-corrected chi connectivity index (χ2v) is 6.03. The molecule has 2 saturated heterocycles. The number of imidazole rings is 1. The van der Waals surface area contributed by atoms with Crippen molar-refractivity contribution in [3.05, 3.63) is 24.2 Å². The Hall–Kier alpha value is -1.46. The summed E-state index contributed by atoms with van der Waals surface area (Å²) in [5.74, 6) is 1.70. The summed E-state index contributed by atoms with van der Waals surface area (Å²) < 4.78 is 8.31. The van der Waals surface area contributed by atoms with Gasteiger partial charge in [-0.15, -0.1) is 0 Å². The third-order valence-electron chi connectivity index (χ3n) is 4.62. The van der Waals surface area contributed by atoms with Crippen LogP contribution in [0.3, 0.4) is 0 Å². The van der Waals surface area contributed by atoms with Gasteiger partial charge < -0.3 is 10.1 Å². The number of aromatic nitrogens is 3. The number of nitrogens with one attached hydrogen (secondary N) is 1. The topological polar surface area (TPSA) is 52.0 Å². The smallest absolute Gasteiger partial charge is 0.162 e. The maximum Gasteiger partial charge on any atom is 0.162 e. The van der Waals surface area contributed by atoms with Crippen LogP contribution in [0.15, 0.2) is 18.3 Å². The van der Waals surface area contributed by atoms with Crippen LogP contribution in [0.25, 0.3) is 11.2 Å². The van der Waals surface area contributed by atoms with Gasteiger partial charge in [-0.2, -0.15) is 0 Å². The highest BCUT2D eigenvalue weighted by Crippen LogP contribution is 2.33. The summed E-state index contributed by atoms with van der Waals surface area (Å²) in [6.07, 6.45) is 7.73. The molecule has 112 valence electrons. The van der Waals surface area contributed by atoms with Crippen LogP contribution >= 0.6 is 0 Å². The van der Waals surface area contributed by atoms with E-state index in [1.807, 2.05) is 12.3 Å². The molecule has 1 atom stereocenters. The SMILES string of the molecule is c1cnc2c(c1)nc(C1CCNCC1)n2C1CCCCO1. The summed E-state index contributed by atoms with van der Waals surface area (Å²) in [6.45, 7) is 3.00. The molecule has 2 aliphatic heterocycles. The fourth-order valence-electron chi connectivity index (χ4n) is 3.53. The van der Waals surface area contributed by atoms with Gasteiger partial charge in [-0.3, -0.25) is 4.57 Å². The van der Waals surface area contributed by atoms with E-state index in [0.29, 0.717) is 5.92 Å². The minimum absolute atomic E-state index is 0.114. The first-order valence-electron chi connectivity index (χ1n) is 8.08. The third-order valence-corrected chi connectivity index (χ3v) is 4.62. The Morgan fingerprint density at radius 2 is 2.10 bits per heavy atom. The van der Waals surface area contributed by atoms with E-state index in [4.69, 9.17) is 9.72 Å². The molecule has 2 fully saturated rings. The summed E-state index contributed by atoms with van der Waals surface area (Å²) in [4.78, 5) is 9.48. The second kappa shape index (κ2) is 5.73. The molecule has 0 aliphatic carbocycles. The molecular weight excluding hydrogens is 264 g/mol. The van der Waals surface area contributed by atoms with Crippen LogP contribution in [0.5, 0.6) is 0 Å². The molecule has 0 aromatic carbocycles. The number of rotatable bonds is 2. The molecule has 2 aliphatic rings. The molecule has 0 saturated carbocycles. The van der Waals surface area contributed by atoms with Gasteiger partial charge in [-0.25, -0.2) is 9.97 Å². The maximum absolute atomic E-state index is 6.03. The van der Waals surface area contributed by atoms with Crippen LogP contribution in [0.2, 0.25) is 0 Å². The highest BCUT2D eigenvalue weighted by Gasteiger charge is 2.27. The summed E-state index contributed by atoms with van der Waals surface area (Å²) >= 11 is 0. The minimum Gasteiger partial charge on any atom is -0.358 e. The zero-order valence-electron chi connectivity index (χ0n) is 12.3. The lowest BCUT2D eigenvalue weighted by molar-refractivity contribution is -0.0321. The van der Waals surface area contributed by atoms with Crippen LogP contribution in [0.4, 0.5) is 0 Å². The molecule has 21 heavy (non-hydrogen) atoms. The van der Waals surface area contributed by atoms with Gasteiger partial charge in [0.25, 0.3) is 0 Å². The molecule has 2 aromatic heterocycles. The van der Waals surface area contributed by atoms with E-state index in [2.05, 4.69) is 20.9 Å². The third kappa shape index (κ3) is 2.45. The van der Waals surface area contributed by atoms with Gasteiger partial charge in [-0.1, -0.05) is 0 Å². The zero-order valence-corrected chi connectivity index (χ0v) is 12.3. The van der Waals surface area contributed by atoms with E-state index >= 15 is 0 Å². The molecule has 5 heteroatoms. The van der Waals surface area contributed by atoms with Gasteiger partial charge in [-0.05, 0) is 57.3 Å². The molecule has 2 aromatic rings. The Labute approximate surface area is 124 Å². The number of hydrogen-bond acceptors (Lipinski definition) is 4. The normalized spacial score (nSPS) is 24.5. The van der Waals surface area contributed by atoms with Crippen LogP contribution < -0.4 is 5.32 Å². The fourth-order valence-corrected chi connectivity index (χ4v) is 3.53. The van der Waals surface area contributed by atoms with E-state index in [0.717, 1.165) is 50.1 Å². The summed E-state index contributed by atoms with van der Waals surface area (Å²) in [5, 5.41) is 3.43. The molecule has 1 N–H and O–H groups in total. The van der Waals surface area contributed by atoms with Crippen molar-refractivity contribution in [2.45, 2.75) is 44.2 Å². The zero-order chi connectivity index (χ0) is 14.1. The Kier molecular flexibility index (Phi) is 3.61. The lowest BCUT2D eigenvalue weighted by Gasteiger charge is -2.29. The first-order valence-corrected chi connectivity index (χ1v) is 8.08. The van der Waals surface area contributed by atoms with Gasteiger partial charge in [0, 0.05) is 18.7 Å². The van der Waals surface area contributed by atoms with Crippen LogP contribution in [-0.4, -0.2) is 34.2 Å². The highest BCUT2D eigenvalue weighted by molar-refractivity contribution is 5.71. The predicted molar refractivity (Wildman–Crippen MR) is 81.2 cm³/mol. The average molecular weight is 286 g/mol. The Balaban J connectivity index is 1.79. The first kappa shape index (κ1) is 13.2. The summed E-state index contributed by atoms with van der Waals surface area (Å²) in [7, 11) is 0. The number of nitrogens with zero attached hydrogens (tertiary/aromatic N) is 3. The van der Waals surface area contributed by atoms with E-state index in [1.165, 1.54) is 18.7 Å². The molecule has 0 bridgehead atoms. The van der Waals surface area contributed by atoms with Crippen LogP contribution in [0.1, 0.15) is 50.1 Å². The molecule has 4 rings (SSSR count). The van der Waals surface area contributed by atoms with Gasteiger partial charge in [0.1, 0.15) is 17.6 Å². The Bertz CT molecular complexity index is 612. The summed E-state index contributed by atoms with van der Waals surface area (Å²) in [6, 6.07) is 4.03. The van der Waals surface area contributed by atoms with Crippen molar-refractivity contribution in [3.8, 4) is 0 Å². The number of pyridine rings is 1. The molecular formula is C16H22N4O. The first-order chi connectivity index (χ1) is 10.4. The van der Waals surface area contributed by atoms with E-state index < -0.39 is 0 Å². The minimum atomic E-state index is 0.114. The second-order valence-electron chi connectivity index (χ2n) is 6.03. The predicted octanol–water partition coefficient (Wildman–Crippen LogP) is 2.60. The van der Waals surface area contributed by atoms with Crippen molar-refractivity contribution in [2.24, 2.45) is 0 Å². The van der Waals surface area contributed by atoms with Gasteiger partial charge >= 0.3 is 0 Å². The lowest BCUT2D eigenvalue weighted by Crippen LogP contribution is -2.29. The molecule has 0 radical (unpaired) electrons. The largest absolute Gasteiger partial charge is 0.358 e. The van der Waals surface area contributed by atoms with Crippen LogP contribution in [0, 0.1) is 0 Å². The Morgan fingerprint density at radius 1 is 1.19 bits per heavy atom. The van der Waals surface area contributed by atoms with Gasteiger partial charge in [0.15, 0.2) is 5.65 Å². The van der Waals surface area contributed by atoms with Crippen LogP contribution in [-0.2, 0) is 4.74 Å². The standard InChI is InChI=1S/C16H22N4O/c1-2-11-21-14(5-1)20-15(12-6-9-17-10-7-12)19-13-4-3-8-18-16(13)20/h3-4,8,12,14,17H,1-2,5-7,9-11H2. The van der Waals surface area contributed by atoms with E-state index in [9.17, 15) is 0 Å². The van der Waals surface area contributed by atoms with Crippen molar-refractivity contribution in [1.29, 1.82) is 0 Å². The Morgan fingerprint density at radius 3 is 2.90 bits per heavy atom. The number of ether oxygens (including phenoxy) is 1.